The lowest BCUT2D eigenvalue weighted by molar-refractivity contribution is -0.141. The van der Waals surface area contributed by atoms with Crippen molar-refractivity contribution in [1.82, 2.24) is 30.0 Å². The molecule has 1 saturated heterocycles. The quantitative estimate of drug-likeness (QED) is 0.763. The Hall–Kier alpha value is -2.98. The third-order valence-electron chi connectivity index (χ3n) is 3.96. The Morgan fingerprint density at radius 1 is 1.08 bits per heavy atom. The molecule has 0 saturated carbocycles. The van der Waals surface area contributed by atoms with Crippen molar-refractivity contribution in [2.24, 2.45) is 5.92 Å². The van der Waals surface area contributed by atoms with Crippen molar-refractivity contribution in [3.05, 3.63) is 36.3 Å². The summed E-state index contributed by atoms with van der Waals surface area (Å²) < 4.78 is 38.9. The normalized spacial score (nSPS) is 15.4. The summed E-state index contributed by atoms with van der Waals surface area (Å²) >= 11 is 0. The smallest absolute Gasteiger partial charge is 0.368 e. The number of nitrogens with one attached hydrogen (secondary N) is 1. The first kappa shape index (κ1) is 15.5. The van der Waals surface area contributed by atoms with E-state index in [9.17, 15) is 13.2 Å². The second-order valence-corrected chi connectivity index (χ2v) is 5.78. The van der Waals surface area contributed by atoms with E-state index in [0.29, 0.717) is 23.9 Å². The predicted octanol–water partition coefficient (Wildman–Crippen LogP) is 1.48. The topological polar surface area (TPSA) is 84.1 Å². The molecule has 0 aromatic carbocycles. The number of hydrogen-bond acceptors (Lipinski definition) is 7. The van der Waals surface area contributed by atoms with Crippen molar-refractivity contribution in [2.45, 2.75) is 6.18 Å². The minimum absolute atomic E-state index is 0.329. The van der Waals surface area contributed by atoms with E-state index in [1.54, 1.807) is 10.8 Å². The molecule has 1 fully saturated rings. The number of hydrogen-bond donors (Lipinski definition) is 1. The van der Waals surface area contributed by atoms with Crippen LogP contribution in [0, 0.1) is 5.92 Å². The zero-order chi connectivity index (χ0) is 17.4. The van der Waals surface area contributed by atoms with E-state index >= 15 is 0 Å². The summed E-state index contributed by atoms with van der Waals surface area (Å²) in [5, 5.41) is 21.8. The third-order valence-corrected chi connectivity index (χ3v) is 3.96. The van der Waals surface area contributed by atoms with E-state index in [2.05, 4.69) is 35.7 Å². The van der Waals surface area contributed by atoms with Gasteiger partial charge in [0.2, 0.25) is 0 Å². The summed E-state index contributed by atoms with van der Waals surface area (Å²) in [6.07, 6.45) is -2.93. The fourth-order valence-corrected chi connectivity index (χ4v) is 2.60. The van der Waals surface area contributed by atoms with Crippen molar-refractivity contribution in [1.29, 1.82) is 0 Å². The Bertz CT molecular complexity index is 870. The first-order valence-corrected chi connectivity index (χ1v) is 7.56. The highest BCUT2D eigenvalue weighted by Crippen LogP contribution is 2.27. The minimum Gasteiger partial charge on any atom is -0.368 e. The number of halogens is 3. The zero-order valence-corrected chi connectivity index (χ0v) is 12.8. The van der Waals surface area contributed by atoms with E-state index in [-0.39, 0.29) is 0 Å². The Balaban J connectivity index is 1.29. The monoisotopic (exact) mass is 350 g/mol. The van der Waals surface area contributed by atoms with Crippen LogP contribution < -0.4 is 10.2 Å². The average Bonchev–Trinajstić information content (AvgIpc) is 3.00. The number of alkyl halides is 3. The van der Waals surface area contributed by atoms with Gasteiger partial charge in [-0.25, -0.2) is 0 Å². The number of rotatable bonds is 4. The number of anilines is 2. The van der Waals surface area contributed by atoms with Crippen LogP contribution in [-0.2, 0) is 6.18 Å². The highest BCUT2D eigenvalue weighted by molar-refractivity contribution is 5.47. The average molecular weight is 350 g/mol. The van der Waals surface area contributed by atoms with E-state index in [0.717, 1.165) is 25.0 Å². The molecule has 0 spiro atoms. The van der Waals surface area contributed by atoms with Gasteiger partial charge in [-0.15, -0.1) is 25.5 Å². The van der Waals surface area contributed by atoms with Gasteiger partial charge >= 0.3 is 6.18 Å². The molecule has 0 bridgehead atoms. The molecule has 4 heterocycles. The van der Waals surface area contributed by atoms with E-state index < -0.39 is 11.9 Å². The third kappa shape index (κ3) is 3.16. The van der Waals surface area contributed by atoms with Gasteiger partial charge in [-0.05, 0) is 24.3 Å². The number of aromatic nitrogens is 6. The highest BCUT2D eigenvalue weighted by Gasteiger charge is 2.33. The fourth-order valence-electron chi connectivity index (χ4n) is 2.60. The van der Waals surface area contributed by atoms with Gasteiger partial charge in [0.1, 0.15) is 18.0 Å². The highest BCUT2D eigenvalue weighted by atomic mass is 19.4. The number of fused-ring (bicyclic) bond motifs is 1. The Morgan fingerprint density at radius 3 is 2.64 bits per heavy atom. The Morgan fingerprint density at radius 2 is 1.92 bits per heavy atom. The molecule has 25 heavy (non-hydrogen) atoms. The number of nitrogens with zero attached hydrogens (tertiary/aromatic N) is 7. The van der Waals surface area contributed by atoms with Crippen LogP contribution in [0.3, 0.4) is 0 Å². The standard InChI is InChI=1S/C14H13F3N8/c15-14(16,17)10-1-2-11(21-20-10)18-5-9-6-24(7-9)13-4-3-12-22-19-8-25(12)23-13/h1-4,8-9H,5-7H2,(H,18,21). The molecule has 0 aliphatic carbocycles. The van der Waals surface area contributed by atoms with Gasteiger partial charge in [-0.3, -0.25) is 0 Å². The predicted molar refractivity (Wildman–Crippen MR) is 82.0 cm³/mol. The second-order valence-electron chi connectivity index (χ2n) is 5.78. The first-order chi connectivity index (χ1) is 12.0. The van der Waals surface area contributed by atoms with Crippen LogP contribution in [0.4, 0.5) is 24.8 Å². The molecular formula is C14H13F3N8. The minimum atomic E-state index is -4.47. The van der Waals surface area contributed by atoms with Crippen molar-refractivity contribution in [2.75, 3.05) is 29.9 Å². The van der Waals surface area contributed by atoms with E-state index in [1.165, 1.54) is 6.07 Å². The fraction of sp³-hybridized carbons (Fsp3) is 0.357. The van der Waals surface area contributed by atoms with Crippen LogP contribution in [0.15, 0.2) is 30.6 Å². The molecule has 8 nitrogen and oxygen atoms in total. The second kappa shape index (κ2) is 5.83. The molecule has 1 N–H and O–H groups in total. The van der Waals surface area contributed by atoms with Crippen LogP contribution in [-0.4, -0.2) is 49.6 Å². The molecule has 3 aromatic rings. The molecule has 3 aromatic heterocycles. The van der Waals surface area contributed by atoms with Gasteiger partial charge in [-0.2, -0.15) is 17.7 Å². The van der Waals surface area contributed by atoms with Crippen molar-refractivity contribution < 1.29 is 13.2 Å². The van der Waals surface area contributed by atoms with Crippen LogP contribution in [0.2, 0.25) is 0 Å². The molecule has 0 unspecified atom stereocenters. The summed E-state index contributed by atoms with van der Waals surface area (Å²) in [6, 6.07) is 5.93. The summed E-state index contributed by atoms with van der Waals surface area (Å²) in [6.45, 7) is 2.19. The molecule has 0 radical (unpaired) electrons. The lowest BCUT2D eigenvalue weighted by atomic mass is 10.0. The summed E-state index contributed by atoms with van der Waals surface area (Å²) in [5.41, 5.74) is -0.313. The molecule has 1 aliphatic rings. The van der Waals surface area contributed by atoms with Crippen molar-refractivity contribution in [3.8, 4) is 0 Å². The molecule has 1 aliphatic heterocycles. The van der Waals surface area contributed by atoms with Crippen molar-refractivity contribution >= 4 is 17.3 Å². The van der Waals surface area contributed by atoms with E-state index in [1.807, 2.05) is 12.1 Å². The van der Waals surface area contributed by atoms with Gasteiger partial charge in [0, 0.05) is 25.6 Å². The molecule has 11 heteroatoms. The molecule has 4 rings (SSSR count). The molecule has 0 amide bonds. The maximum atomic E-state index is 12.4. The summed E-state index contributed by atoms with van der Waals surface area (Å²) in [7, 11) is 0. The van der Waals surface area contributed by atoms with Crippen LogP contribution in [0.5, 0.6) is 0 Å². The van der Waals surface area contributed by atoms with Crippen LogP contribution >= 0.6 is 0 Å². The van der Waals surface area contributed by atoms with Gasteiger partial charge in [0.05, 0.1) is 0 Å². The largest absolute Gasteiger partial charge is 0.435 e. The molecule has 130 valence electrons. The van der Waals surface area contributed by atoms with Gasteiger partial charge in [0.25, 0.3) is 0 Å². The maximum absolute atomic E-state index is 12.4. The Kier molecular flexibility index (Phi) is 3.62. The van der Waals surface area contributed by atoms with Crippen molar-refractivity contribution in [3.63, 3.8) is 0 Å². The van der Waals surface area contributed by atoms with Crippen LogP contribution in [0.1, 0.15) is 5.69 Å². The zero-order valence-electron chi connectivity index (χ0n) is 12.8. The summed E-state index contributed by atoms with van der Waals surface area (Å²) in [4.78, 5) is 2.10. The SMILES string of the molecule is FC(F)(F)c1ccc(NCC2CN(c3ccc4nncn4n3)C2)nn1. The van der Waals surface area contributed by atoms with Crippen LogP contribution in [0.25, 0.3) is 5.65 Å². The van der Waals surface area contributed by atoms with E-state index in [4.69, 9.17) is 0 Å². The maximum Gasteiger partial charge on any atom is 0.435 e. The summed E-state index contributed by atoms with van der Waals surface area (Å²) in [5.74, 6) is 1.51. The van der Waals surface area contributed by atoms with Gasteiger partial charge in [0.15, 0.2) is 11.3 Å². The molecule has 0 atom stereocenters. The van der Waals surface area contributed by atoms with Gasteiger partial charge < -0.3 is 10.2 Å². The lowest BCUT2D eigenvalue weighted by Crippen LogP contribution is -2.50. The first-order valence-electron chi connectivity index (χ1n) is 7.56. The van der Waals surface area contributed by atoms with Gasteiger partial charge in [-0.1, -0.05) is 0 Å². The molecular weight excluding hydrogens is 337 g/mol. The lowest BCUT2D eigenvalue weighted by Gasteiger charge is -2.40. The Labute approximate surface area is 139 Å².